The Hall–Kier alpha value is -0.960. The van der Waals surface area contributed by atoms with E-state index in [9.17, 15) is 0 Å². The second-order valence-electron chi connectivity index (χ2n) is 3.19. The number of methoxy groups -OCH3 is 1. The van der Waals surface area contributed by atoms with Crippen LogP contribution in [0.4, 0.5) is 0 Å². The first-order valence-corrected chi connectivity index (χ1v) is 5.39. The standard InChI is InChI=1S/C11H12BrNO/c1-3-7-6-8-9(13-7)4-5-10(14-2)11(8)12/h4-6,13H,3H2,1-2H3. The highest BCUT2D eigenvalue weighted by Crippen LogP contribution is 2.33. The molecule has 0 saturated carbocycles. The third-order valence-electron chi connectivity index (χ3n) is 2.36. The molecule has 0 spiro atoms. The number of aryl methyl sites for hydroxylation is 1. The van der Waals surface area contributed by atoms with Crippen molar-refractivity contribution in [3.05, 3.63) is 28.4 Å². The van der Waals surface area contributed by atoms with Gasteiger partial charge in [-0.1, -0.05) is 6.92 Å². The zero-order chi connectivity index (χ0) is 10.1. The lowest BCUT2D eigenvalue weighted by Gasteiger charge is -2.02. The van der Waals surface area contributed by atoms with Gasteiger partial charge in [-0.3, -0.25) is 0 Å². The van der Waals surface area contributed by atoms with Crippen molar-refractivity contribution >= 4 is 26.8 Å². The number of hydrogen-bond acceptors (Lipinski definition) is 1. The van der Waals surface area contributed by atoms with Gasteiger partial charge >= 0.3 is 0 Å². The number of halogens is 1. The van der Waals surface area contributed by atoms with Gasteiger partial charge in [0.25, 0.3) is 0 Å². The maximum absolute atomic E-state index is 5.24. The summed E-state index contributed by atoms with van der Waals surface area (Å²) in [5.41, 5.74) is 2.39. The Morgan fingerprint density at radius 3 is 2.86 bits per heavy atom. The van der Waals surface area contributed by atoms with Crippen LogP contribution in [0.5, 0.6) is 5.75 Å². The zero-order valence-corrected chi connectivity index (χ0v) is 9.81. The molecular weight excluding hydrogens is 242 g/mol. The van der Waals surface area contributed by atoms with Crippen molar-refractivity contribution in [2.24, 2.45) is 0 Å². The number of benzene rings is 1. The Morgan fingerprint density at radius 1 is 1.43 bits per heavy atom. The van der Waals surface area contributed by atoms with Gasteiger partial charge in [-0.25, -0.2) is 0 Å². The van der Waals surface area contributed by atoms with Crippen molar-refractivity contribution < 1.29 is 4.74 Å². The van der Waals surface area contributed by atoms with E-state index in [1.54, 1.807) is 7.11 Å². The summed E-state index contributed by atoms with van der Waals surface area (Å²) in [7, 11) is 1.68. The second kappa shape index (κ2) is 3.65. The SMILES string of the molecule is CCc1cc2c(Br)c(OC)ccc2[nH]1. The van der Waals surface area contributed by atoms with Crippen LogP contribution in [-0.2, 0) is 6.42 Å². The zero-order valence-electron chi connectivity index (χ0n) is 8.23. The van der Waals surface area contributed by atoms with E-state index in [-0.39, 0.29) is 0 Å². The number of H-pyrrole nitrogens is 1. The predicted octanol–water partition coefficient (Wildman–Crippen LogP) is 3.50. The molecule has 0 saturated heterocycles. The van der Waals surface area contributed by atoms with E-state index in [1.807, 2.05) is 12.1 Å². The molecule has 2 rings (SSSR count). The summed E-state index contributed by atoms with van der Waals surface area (Å²) in [6.07, 6.45) is 1.02. The molecule has 2 nitrogen and oxygen atoms in total. The highest BCUT2D eigenvalue weighted by Gasteiger charge is 2.07. The number of fused-ring (bicyclic) bond motifs is 1. The quantitative estimate of drug-likeness (QED) is 0.871. The minimum absolute atomic E-state index is 0.874. The molecule has 1 aromatic heterocycles. The molecule has 0 bridgehead atoms. The number of aromatic amines is 1. The van der Waals surface area contributed by atoms with E-state index < -0.39 is 0 Å². The molecule has 2 aromatic rings. The van der Waals surface area contributed by atoms with Gasteiger partial charge < -0.3 is 9.72 Å². The monoisotopic (exact) mass is 253 g/mol. The fraction of sp³-hybridized carbons (Fsp3) is 0.273. The van der Waals surface area contributed by atoms with Crippen LogP contribution < -0.4 is 4.74 Å². The molecule has 0 amide bonds. The first-order chi connectivity index (χ1) is 6.76. The summed E-state index contributed by atoms with van der Waals surface area (Å²) in [4.78, 5) is 3.35. The van der Waals surface area contributed by atoms with Crippen LogP contribution in [0.1, 0.15) is 12.6 Å². The fourth-order valence-electron chi connectivity index (χ4n) is 1.55. The number of hydrogen-bond donors (Lipinski definition) is 1. The van der Waals surface area contributed by atoms with Gasteiger partial charge in [0.1, 0.15) is 5.75 Å². The Kier molecular flexibility index (Phi) is 2.50. The van der Waals surface area contributed by atoms with Crippen molar-refractivity contribution in [3.63, 3.8) is 0 Å². The third-order valence-corrected chi connectivity index (χ3v) is 3.18. The van der Waals surface area contributed by atoms with Crippen LogP contribution in [0, 0.1) is 0 Å². The van der Waals surface area contributed by atoms with Crippen LogP contribution in [0.3, 0.4) is 0 Å². The Labute approximate surface area is 91.4 Å². The molecule has 3 heteroatoms. The van der Waals surface area contributed by atoms with E-state index >= 15 is 0 Å². The van der Waals surface area contributed by atoms with Gasteiger partial charge in [-0.05, 0) is 40.5 Å². The van der Waals surface area contributed by atoms with E-state index in [0.717, 1.165) is 22.2 Å². The molecular formula is C11H12BrNO. The summed E-state index contributed by atoms with van der Waals surface area (Å²) in [6, 6.07) is 6.16. The van der Waals surface area contributed by atoms with E-state index in [4.69, 9.17) is 4.74 Å². The number of rotatable bonds is 2. The molecule has 0 unspecified atom stereocenters. The Balaban J connectivity index is 2.68. The molecule has 0 aliphatic carbocycles. The maximum atomic E-state index is 5.24. The van der Waals surface area contributed by atoms with Crippen LogP contribution in [0.2, 0.25) is 0 Å². The van der Waals surface area contributed by atoms with E-state index in [0.29, 0.717) is 0 Å². The average Bonchev–Trinajstić information content (AvgIpc) is 2.62. The molecule has 0 fully saturated rings. The summed E-state index contributed by atoms with van der Waals surface area (Å²) < 4.78 is 6.26. The molecule has 14 heavy (non-hydrogen) atoms. The average molecular weight is 254 g/mol. The molecule has 1 aromatic carbocycles. The molecule has 74 valence electrons. The van der Waals surface area contributed by atoms with Crippen molar-refractivity contribution in [2.45, 2.75) is 13.3 Å². The fourth-order valence-corrected chi connectivity index (χ4v) is 2.18. The first-order valence-electron chi connectivity index (χ1n) is 4.60. The number of nitrogens with one attached hydrogen (secondary N) is 1. The van der Waals surface area contributed by atoms with Gasteiger partial charge in [0.2, 0.25) is 0 Å². The summed E-state index contributed by atoms with van der Waals surface area (Å²) >= 11 is 3.54. The molecule has 0 radical (unpaired) electrons. The van der Waals surface area contributed by atoms with Gasteiger partial charge in [0.15, 0.2) is 0 Å². The highest BCUT2D eigenvalue weighted by atomic mass is 79.9. The van der Waals surface area contributed by atoms with Crippen molar-refractivity contribution in [3.8, 4) is 5.75 Å². The largest absolute Gasteiger partial charge is 0.496 e. The molecule has 1 heterocycles. The Bertz CT molecular complexity index is 462. The maximum Gasteiger partial charge on any atom is 0.133 e. The highest BCUT2D eigenvalue weighted by molar-refractivity contribution is 9.10. The topological polar surface area (TPSA) is 25.0 Å². The molecule has 0 aliphatic rings. The second-order valence-corrected chi connectivity index (χ2v) is 3.98. The van der Waals surface area contributed by atoms with Crippen molar-refractivity contribution in [1.82, 2.24) is 4.98 Å². The summed E-state index contributed by atoms with van der Waals surface area (Å²) in [5, 5.41) is 1.18. The summed E-state index contributed by atoms with van der Waals surface area (Å²) in [6.45, 7) is 2.13. The minimum Gasteiger partial charge on any atom is -0.496 e. The van der Waals surface area contributed by atoms with Gasteiger partial charge in [0.05, 0.1) is 11.6 Å². The number of ether oxygens (including phenoxy) is 1. The van der Waals surface area contributed by atoms with Gasteiger partial charge in [-0.2, -0.15) is 0 Å². The van der Waals surface area contributed by atoms with Crippen molar-refractivity contribution in [2.75, 3.05) is 7.11 Å². The van der Waals surface area contributed by atoms with Gasteiger partial charge in [-0.15, -0.1) is 0 Å². The lowest BCUT2D eigenvalue weighted by Crippen LogP contribution is -1.83. The minimum atomic E-state index is 0.874. The predicted molar refractivity (Wildman–Crippen MR) is 61.9 cm³/mol. The van der Waals surface area contributed by atoms with Crippen LogP contribution in [0.15, 0.2) is 22.7 Å². The molecule has 1 N–H and O–H groups in total. The Morgan fingerprint density at radius 2 is 2.21 bits per heavy atom. The van der Waals surface area contributed by atoms with Crippen molar-refractivity contribution in [1.29, 1.82) is 0 Å². The van der Waals surface area contributed by atoms with Crippen LogP contribution in [0.25, 0.3) is 10.9 Å². The molecule has 0 atom stereocenters. The van der Waals surface area contributed by atoms with Crippen LogP contribution >= 0.6 is 15.9 Å². The van der Waals surface area contributed by atoms with Gasteiger partial charge in [0, 0.05) is 16.6 Å². The lowest BCUT2D eigenvalue weighted by molar-refractivity contribution is 0.413. The summed E-state index contributed by atoms with van der Waals surface area (Å²) in [5.74, 6) is 0.874. The van der Waals surface area contributed by atoms with Crippen LogP contribution in [-0.4, -0.2) is 12.1 Å². The lowest BCUT2D eigenvalue weighted by atomic mass is 10.2. The number of aromatic nitrogens is 1. The molecule has 0 aliphatic heterocycles. The van der Waals surface area contributed by atoms with E-state index in [1.165, 1.54) is 11.1 Å². The van der Waals surface area contributed by atoms with E-state index in [2.05, 4.69) is 33.9 Å². The smallest absolute Gasteiger partial charge is 0.133 e. The normalized spacial score (nSPS) is 10.8. The third kappa shape index (κ3) is 1.42. The first kappa shape index (κ1) is 9.59.